The van der Waals surface area contributed by atoms with Gasteiger partial charge in [-0.25, -0.2) is 8.42 Å². The van der Waals surface area contributed by atoms with Gasteiger partial charge in [0.2, 0.25) is 10.0 Å². The number of nitrogens with zero attached hydrogens (tertiary/aromatic N) is 1. The predicted octanol–water partition coefficient (Wildman–Crippen LogP) is 2.86. The highest BCUT2D eigenvalue weighted by molar-refractivity contribution is 9.10. The molecule has 1 heterocycles. The summed E-state index contributed by atoms with van der Waals surface area (Å²) < 4.78 is 28.4. The van der Waals surface area contributed by atoms with E-state index in [0.29, 0.717) is 18.0 Å². The van der Waals surface area contributed by atoms with Crippen molar-refractivity contribution in [1.29, 1.82) is 0 Å². The number of rotatable bonds is 4. The first kappa shape index (κ1) is 18.9. The molecule has 1 aliphatic heterocycles. The van der Waals surface area contributed by atoms with Gasteiger partial charge in [0.15, 0.2) is 0 Å². The van der Waals surface area contributed by atoms with Gasteiger partial charge in [-0.2, -0.15) is 4.31 Å². The van der Waals surface area contributed by atoms with Gasteiger partial charge in [0.1, 0.15) is 0 Å². The molecule has 0 saturated carbocycles. The summed E-state index contributed by atoms with van der Waals surface area (Å²) in [5, 5.41) is 3.08. The number of likely N-dealkylation sites (N-methyl/N-ethyl adjacent to an activating group) is 1. The van der Waals surface area contributed by atoms with Crippen molar-refractivity contribution < 1.29 is 8.42 Å². The average molecular weight is 398 g/mol. The van der Waals surface area contributed by atoms with Crippen LogP contribution in [0.1, 0.15) is 24.0 Å². The van der Waals surface area contributed by atoms with E-state index >= 15 is 0 Å². The van der Waals surface area contributed by atoms with Gasteiger partial charge in [-0.3, -0.25) is 0 Å². The minimum absolute atomic E-state index is 0. The molecule has 2 rings (SSSR count). The Morgan fingerprint density at radius 1 is 1.33 bits per heavy atom. The maximum absolute atomic E-state index is 12.9. The number of nitrogens with one attached hydrogen (secondary N) is 1. The normalized spacial score (nSPS) is 19.5. The largest absolute Gasteiger partial charge is 0.318 e. The molecule has 1 aromatic rings. The van der Waals surface area contributed by atoms with Crippen LogP contribution in [0.5, 0.6) is 0 Å². The lowest BCUT2D eigenvalue weighted by Gasteiger charge is -2.25. The summed E-state index contributed by atoms with van der Waals surface area (Å²) in [5.41, 5.74) is 1.73. The van der Waals surface area contributed by atoms with Crippen molar-refractivity contribution in [1.82, 2.24) is 9.62 Å². The van der Waals surface area contributed by atoms with Crippen LogP contribution >= 0.6 is 28.3 Å². The highest BCUT2D eigenvalue weighted by atomic mass is 79.9. The average Bonchev–Trinajstić information content (AvgIpc) is 2.83. The molecule has 0 aromatic heterocycles. The lowest BCUT2D eigenvalue weighted by atomic mass is 10.2. The number of hydrogen-bond acceptors (Lipinski definition) is 3. The van der Waals surface area contributed by atoms with E-state index in [9.17, 15) is 8.42 Å². The van der Waals surface area contributed by atoms with Crippen molar-refractivity contribution >= 4 is 38.4 Å². The topological polar surface area (TPSA) is 49.4 Å². The van der Waals surface area contributed by atoms with E-state index in [2.05, 4.69) is 21.2 Å². The standard InChI is InChI=1S/C14H21BrN2O2S.ClH/c1-10-8-14(11(2)7-13(10)15)20(18,19)17-6-4-5-12(17)9-16-3;/h7-8,12,16H,4-6,9H2,1-3H3;1H. The number of aryl methyl sites for hydroxylation is 2. The molecule has 21 heavy (non-hydrogen) atoms. The fourth-order valence-electron chi connectivity index (χ4n) is 2.72. The lowest BCUT2D eigenvalue weighted by Crippen LogP contribution is -2.41. The van der Waals surface area contributed by atoms with Crippen molar-refractivity contribution in [2.24, 2.45) is 0 Å². The van der Waals surface area contributed by atoms with Crippen LogP contribution < -0.4 is 5.32 Å². The van der Waals surface area contributed by atoms with Gasteiger partial charge in [0.05, 0.1) is 4.90 Å². The molecule has 0 aliphatic carbocycles. The Labute approximate surface area is 141 Å². The third-order valence-corrected chi connectivity index (χ3v) is 6.75. The molecule has 1 fully saturated rings. The quantitative estimate of drug-likeness (QED) is 0.850. The zero-order chi connectivity index (χ0) is 14.9. The van der Waals surface area contributed by atoms with Gasteiger partial charge in [0.25, 0.3) is 0 Å². The first-order valence-electron chi connectivity index (χ1n) is 6.81. The minimum atomic E-state index is -3.41. The molecule has 4 nitrogen and oxygen atoms in total. The molecule has 0 spiro atoms. The number of halogens is 2. The van der Waals surface area contributed by atoms with Crippen LogP contribution in [0.2, 0.25) is 0 Å². The fourth-order valence-corrected chi connectivity index (χ4v) is 5.17. The van der Waals surface area contributed by atoms with Crippen molar-refractivity contribution in [2.45, 2.75) is 37.6 Å². The highest BCUT2D eigenvalue weighted by Crippen LogP contribution is 2.30. The monoisotopic (exact) mass is 396 g/mol. The fraction of sp³-hybridized carbons (Fsp3) is 0.571. The molecule has 0 amide bonds. The molecular formula is C14H22BrClN2O2S. The Balaban J connectivity index is 0.00000220. The second-order valence-corrected chi connectivity index (χ2v) is 8.05. The van der Waals surface area contributed by atoms with Crippen LogP contribution in [0, 0.1) is 13.8 Å². The van der Waals surface area contributed by atoms with Gasteiger partial charge in [-0.05, 0) is 57.0 Å². The van der Waals surface area contributed by atoms with Crippen molar-refractivity contribution in [2.75, 3.05) is 20.1 Å². The van der Waals surface area contributed by atoms with E-state index in [1.165, 1.54) is 0 Å². The molecule has 0 bridgehead atoms. The van der Waals surface area contributed by atoms with Crippen LogP contribution in [-0.4, -0.2) is 38.9 Å². The minimum Gasteiger partial charge on any atom is -0.318 e. The Morgan fingerprint density at radius 3 is 2.62 bits per heavy atom. The first-order valence-corrected chi connectivity index (χ1v) is 9.04. The molecule has 1 N–H and O–H groups in total. The van der Waals surface area contributed by atoms with Crippen molar-refractivity contribution in [3.8, 4) is 0 Å². The van der Waals surface area contributed by atoms with Gasteiger partial charge in [0, 0.05) is 23.6 Å². The van der Waals surface area contributed by atoms with Crippen LogP contribution in [0.3, 0.4) is 0 Å². The highest BCUT2D eigenvalue weighted by Gasteiger charge is 2.35. The van der Waals surface area contributed by atoms with E-state index < -0.39 is 10.0 Å². The van der Waals surface area contributed by atoms with E-state index in [0.717, 1.165) is 28.4 Å². The zero-order valence-corrected chi connectivity index (χ0v) is 15.7. The van der Waals surface area contributed by atoms with Gasteiger partial charge >= 0.3 is 0 Å². The summed E-state index contributed by atoms with van der Waals surface area (Å²) in [7, 11) is -1.55. The number of sulfonamides is 1. The Morgan fingerprint density at radius 2 is 2.00 bits per heavy atom. The summed E-state index contributed by atoms with van der Waals surface area (Å²) in [6.07, 6.45) is 1.86. The molecule has 1 aromatic carbocycles. The van der Waals surface area contributed by atoms with Gasteiger partial charge < -0.3 is 5.32 Å². The third-order valence-electron chi connectivity index (χ3n) is 3.81. The van der Waals surface area contributed by atoms with Crippen LogP contribution in [0.25, 0.3) is 0 Å². The summed E-state index contributed by atoms with van der Waals surface area (Å²) in [5.74, 6) is 0. The summed E-state index contributed by atoms with van der Waals surface area (Å²) >= 11 is 3.45. The summed E-state index contributed by atoms with van der Waals surface area (Å²) in [4.78, 5) is 0.432. The molecule has 7 heteroatoms. The smallest absolute Gasteiger partial charge is 0.243 e. The van der Waals surface area contributed by atoms with Gasteiger partial charge in [-0.1, -0.05) is 15.9 Å². The molecule has 1 unspecified atom stereocenters. The van der Waals surface area contributed by atoms with Crippen LogP contribution in [0.4, 0.5) is 0 Å². The third kappa shape index (κ3) is 3.79. The van der Waals surface area contributed by atoms with Crippen LogP contribution in [-0.2, 0) is 10.0 Å². The molecular weight excluding hydrogens is 376 g/mol. The molecule has 1 saturated heterocycles. The van der Waals surface area contributed by atoms with E-state index in [1.807, 2.05) is 27.0 Å². The Bertz CT molecular complexity index is 607. The van der Waals surface area contributed by atoms with E-state index in [1.54, 1.807) is 10.4 Å². The molecule has 120 valence electrons. The summed E-state index contributed by atoms with van der Waals surface area (Å²) in [6, 6.07) is 3.71. The van der Waals surface area contributed by atoms with Crippen molar-refractivity contribution in [3.63, 3.8) is 0 Å². The second-order valence-electron chi connectivity index (χ2n) is 5.34. The maximum atomic E-state index is 12.9. The maximum Gasteiger partial charge on any atom is 0.243 e. The number of hydrogen-bond donors (Lipinski definition) is 1. The summed E-state index contributed by atoms with van der Waals surface area (Å²) in [6.45, 7) is 5.08. The zero-order valence-electron chi connectivity index (χ0n) is 12.5. The SMILES string of the molecule is CNCC1CCCN1S(=O)(=O)c1cc(C)c(Br)cc1C.Cl. The van der Waals surface area contributed by atoms with Gasteiger partial charge in [-0.15, -0.1) is 12.4 Å². The van der Waals surface area contributed by atoms with Crippen molar-refractivity contribution in [3.05, 3.63) is 27.7 Å². The molecule has 1 atom stereocenters. The second kappa shape index (κ2) is 7.42. The molecule has 0 radical (unpaired) electrons. The first-order chi connectivity index (χ1) is 9.37. The Hall–Kier alpha value is -0.140. The lowest BCUT2D eigenvalue weighted by molar-refractivity contribution is 0.379. The molecule has 1 aliphatic rings. The van der Waals surface area contributed by atoms with E-state index in [-0.39, 0.29) is 18.4 Å². The Kier molecular flexibility index (Phi) is 6.68. The predicted molar refractivity (Wildman–Crippen MR) is 91.7 cm³/mol. The van der Waals surface area contributed by atoms with E-state index in [4.69, 9.17) is 0 Å². The number of benzene rings is 1. The van der Waals surface area contributed by atoms with Crippen LogP contribution in [0.15, 0.2) is 21.5 Å².